The molecule has 1 N–H and O–H groups in total. The first-order valence-corrected chi connectivity index (χ1v) is 11.8. The molecule has 1 saturated carbocycles. The number of nitro groups is 1. The maximum atomic E-state index is 11.3. The monoisotopic (exact) mass is 474 g/mol. The Hall–Kier alpha value is -2.56. The third-order valence-electron chi connectivity index (χ3n) is 6.09. The summed E-state index contributed by atoms with van der Waals surface area (Å²) in [7, 11) is 0. The van der Waals surface area contributed by atoms with Crippen molar-refractivity contribution in [3.05, 3.63) is 45.4 Å². The van der Waals surface area contributed by atoms with Gasteiger partial charge >= 0.3 is 5.69 Å². The largest absolute Gasteiger partial charge is 0.360 e. The summed E-state index contributed by atoms with van der Waals surface area (Å²) in [5.41, 5.74) is 1.18. The molecule has 2 atom stereocenters. The first-order chi connectivity index (χ1) is 15.3. The Labute approximate surface area is 193 Å². The van der Waals surface area contributed by atoms with Crippen molar-refractivity contribution in [2.24, 2.45) is 0 Å². The first kappa shape index (κ1) is 21.3. The Kier molecular flexibility index (Phi) is 5.39. The molecule has 168 valence electrons. The third kappa shape index (κ3) is 3.76. The molecule has 5 rings (SSSR count). The highest BCUT2D eigenvalue weighted by molar-refractivity contribution is 7.22. The molecule has 32 heavy (non-hydrogen) atoms. The van der Waals surface area contributed by atoms with E-state index >= 15 is 0 Å². The maximum Gasteiger partial charge on any atom is 0.348 e. The van der Waals surface area contributed by atoms with Gasteiger partial charge in [0, 0.05) is 6.54 Å². The van der Waals surface area contributed by atoms with E-state index in [-0.39, 0.29) is 28.5 Å². The average molecular weight is 475 g/mol. The Morgan fingerprint density at radius 1 is 1.34 bits per heavy atom. The van der Waals surface area contributed by atoms with E-state index in [4.69, 9.17) is 21.3 Å². The molecule has 1 aromatic carbocycles. The van der Waals surface area contributed by atoms with Crippen molar-refractivity contribution in [2.75, 3.05) is 10.2 Å². The van der Waals surface area contributed by atoms with Gasteiger partial charge in [-0.3, -0.25) is 10.1 Å². The lowest BCUT2D eigenvalue weighted by atomic mass is 9.92. The summed E-state index contributed by atoms with van der Waals surface area (Å²) in [6.07, 6.45) is 6.13. The van der Waals surface area contributed by atoms with Crippen LogP contribution in [0.5, 0.6) is 0 Å². The zero-order chi connectivity index (χ0) is 22.5. The molecule has 2 fully saturated rings. The number of ether oxygens (including phenoxy) is 1. The minimum absolute atomic E-state index is 0.0967. The molecular weight excluding hydrogens is 452 g/mol. The summed E-state index contributed by atoms with van der Waals surface area (Å²) in [5, 5.41) is 15.1. The lowest BCUT2D eigenvalue weighted by molar-refractivity contribution is -0.384. The Morgan fingerprint density at radius 3 is 2.97 bits per heavy atom. The molecule has 11 heteroatoms. The second-order valence-electron chi connectivity index (χ2n) is 8.60. The lowest BCUT2D eigenvalue weighted by Gasteiger charge is -2.34. The van der Waals surface area contributed by atoms with Gasteiger partial charge in [0.05, 0.1) is 27.3 Å². The first-order valence-electron chi connectivity index (χ1n) is 10.6. The molecule has 3 aromatic rings. The second kappa shape index (κ2) is 8.09. The number of fused-ring (bicyclic) bond motifs is 2. The number of anilines is 2. The van der Waals surface area contributed by atoms with Crippen LogP contribution in [0.1, 0.15) is 45.1 Å². The number of nitrogens with zero attached hydrogens (tertiary/aromatic N) is 5. The van der Waals surface area contributed by atoms with Gasteiger partial charge in [0.2, 0.25) is 11.0 Å². The Morgan fingerprint density at radius 2 is 2.16 bits per heavy atom. The van der Waals surface area contributed by atoms with Crippen LogP contribution < -0.4 is 10.2 Å². The molecule has 1 saturated heterocycles. The molecular formula is C21H23ClN6O3S. The predicted octanol–water partition coefficient (Wildman–Crippen LogP) is 5.14. The van der Waals surface area contributed by atoms with E-state index < -0.39 is 4.92 Å². The van der Waals surface area contributed by atoms with Gasteiger partial charge in [-0.2, -0.15) is 0 Å². The quantitative estimate of drug-likeness (QED) is 0.307. The van der Waals surface area contributed by atoms with Gasteiger partial charge in [0.1, 0.15) is 12.1 Å². The molecule has 2 aliphatic rings. The van der Waals surface area contributed by atoms with Crippen molar-refractivity contribution in [1.82, 2.24) is 15.0 Å². The lowest BCUT2D eigenvalue weighted by Crippen LogP contribution is -2.45. The van der Waals surface area contributed by atoms with Crippen molar-refractivity contribution in [1.29, 1.82) is 0 Å². The molecule has 1 aliphatic carbocycles. The van der Waals surface area contributed by atoms with Crippen molar-refractivity contribution < 1.29 is 9.66 Å². The predicted molar refractivity (Wildman–Crippen MR) is 124 cm³/mol. The molecule has 9 nitrogen and oxygen atoms in total. The van der Waals surface area contributed by atoms with Crippen LogP contribution in [0.25, 0.3) is 10.2 Å². The highest BCUT2D eigenvalue weighted by Gasteiger charge is 2.49. The smallest absolute Gasteiger partial charge is 0.348 e. The number of benzene rings is 1. The standard InChI is InChI=1S/C21H23ClN6O3S/c1-21(2)27(14-5-3-4-6-15(14)31-21)20-26-13-8-7-12(9-16(13)32-20)10-23-19-17(28(29)30)18(22)24-11-25-19/h7-9,11,14-15H,3-6,10H2,1-2H3,(H,23,24,25)/t14-,15-/m1/s1. The van der Waals surface area contributed by atoms with Gasteiger partial charge in [-0.25, -0.2) is 15.0 Å². The van der Waals surface area contributed by atoms with Crippen molar-refractivity contribution >= 4 is 49.8 Å². The molecule has 0 bridgehead atoms. The van der Waals surface area contributed by atoms with Gasteiger partial charge in [0.15, 0.2) is 5.13 Å². The molecule has 0 spiro atoms. The van der Waals surface area contributed by atoms with Gasteiger partial charge in [-0.1, -0.05) is 41.8 Å². The van der Waals surface area contributed by atoms with Gasteiger partial charge in [0.25, 0.3) is 0 Å². The normalized spacial score (nSPS) is 22.2. The van der Waals surface area contributed by atoms with Crippen LogP contribution in [-0.2, 0) is 11.3 Å². The summed E-state index contributed by atoms with van der Waals surface area (Å²) in [6, 6.07) is 6.36. The van der Waals surface area contributed by atoms with Gasteiger partial charge < -0.3 is 15.0 Å². The summed E-state index contributed by atoms with van der Waals surface area (Å²) < 4.78 is 7.43. The molecule has 0 unspecified atom stereocenters. The van der Waals surface area contributed by atoms with E-state index in [1.54, 1.807) is 11.3 Å². The van der Waals surface area contributed by atoms with Crippen LogP contribution in [0.3, 0.4) is 0 Å². The molecule has 3 heterocycles. The minimum Gasteiger partial charge on any atom is -0.360 e. The Bertz CT molecular complexity index is 1190. The van der Waals surface area contributed by atoms with Gasteiger partial charge in [-0.05, 0) is 44.4 Å². The SMILES string of the molecule is CC1(C)O[C@@H]2CCCC[C@H]2N1c1nc2ccc(CNc3ncnc(Cl)c3[N+](=O)[O-])cc2s1. The minimum atomic E-state index is -0.582. The number of aromatic nitrogens is 3. The highest BCUT2D eigenvalue weighted by Crippen LogP contribution is 2.44. The van der Waals surface area contributed by atoms with Gasteiger partial charge in [-0.15, -0.1) is 0 Å². The topological polar surface area (TPSA) is 106 Å². The number of rotatable bonds is 5. The van der Waals surface area contributed by atoms with E-state index in [0.29, 0.717) is 12.6 Å². The van der Waals surface area contributed by atoms with E-state index in [9.17, 15) is 10.1 Å². The second-order valence-corrected chi connectivity index (χ2v) is 9.96. The van der Waals surface area contributed by atoms with Crippen molar-refractivity contribution in [3.63, 3.8) is 0 Å². The summed E-state index contributed by atoms with van der Waals surface area (Å²) in [5.74, 6) is 0.0967. The van der Waals surface area contributed by atoms with Crippen LogP contribution >= 0.6 is 22.9 Å². The van der Waals surface area contributed by atoms with Crippen molar-refractivity contribution in [3.8, 4) is 0 Å². The summed E-state index contributed by atoms with van der Waals surface area (Å²) >= 11 is 7.52. The number of hydrogen-bond acceptors (Lipinski definition) is 9. The zero-order valence-corrected chi connectivity index (χ0v) is 19.3. The molecule has 2 aromatic heterocycles. The van der Waals surface area contributed by atoms with Crippen LogP contribution in [0.2, 0.25) is 5.15 Å². The van der Waals surface area contributed by atoms with Crippen LogP contribution in [0.4, 0.5) is 16.6 Å². The van der Waals surface area contributed by atoms with Crippen LogP contribution in [0.15, 0.2) is 24.5 Å². The number of thiazole rings is 1. The van der Waals surface area contributed by atoms with E-state index in [1.165, 1.54) is 19.2 Å². The average Bonchev–Trinajstić information content (AvgIpc) is 3.27. The molecule has 0 radical (unpaired) electrons. The number of halogens is 1. The summed E-state index contributed by atoms with van der Waals surface area (Å²) in [4.78, 5) is 25.6. The number of nitrogens with one attached hydrogen (secondary N) is 1. The van der Waals surface area contributed by atoms with Crippen LogP contribution in [0, 0.1) is 10.1 Å². The molecule has 0 amide bonds. The van der Waals surface area contributed by atoms with Crippen molar-refractivity contribution in [2.45, 2.75) is 63.9 Å². The highest BCUT2D eigenvalue weighted by atomic mass is 35.5. The zero-order valence-electron chi connectivity index (χ0n) is 17.7. The molecule has 1 aliphatic heterocycles. The van der Waals surface area contributed by atoms with E-state index in [2.05, 4.69) is 40.1 Å². The third-order valence-corrected chi connectivity index (χ3v) is 7.38. The van der Waals surface area contributed by atoms with E-state index in [1.807, 2.05) is 12.1 Å². The fraction of sp³-hybridized carbons (Fsp3) is 0.476. The Balaban J connectivity index is 1.39. The fourth-order valence-corrected chi connectivity index (χ4v) is 6.14. The maximum absolute atomic E-state index is 11.3. The number of hydrogen-bond donors (Lipinski definition) is 1. The van der Waals surface area contributed by atoms with E-state index in [0.717, 1.165) is 33.8 Å². The summed E-state index contributed by atoms with van der Waals surface area (Å²) in [6.45, 7) is 4.60. The fourth-order valence-electron chi connectivity index (χ4n) is 4.71. The van der Waals surface area contributed by atoms with Crippen LogP contribution in [-0.4, -0.2) is 37.7 Å².